The maximum atomic E-state index is 11.6. The Morgan fingerprint density at radius 1 is 1.26 bits per heavy atom. The number of hydrogen-bond acceptors (Lipinski definition) is 3. The number of fused-ring (bicyclic) bond motifs is 1. The minimum atomic E-state index is -0.798. The summed E-state index contributed by atoms with van der Waals surface area (Å²) in [5.41, 5.74) is 1.45. The van der Waals surface area contributed by atoms with Crippen LogP contribution in [0, 0.1) is 0 Å². The van der Waals surface area contributed by atoms with E-state index in [4.69, 9.17) is 5.11 Å². The van der Waals surface area contributed by atoms with E-state index >= 15 is 0 Å². The lowest BCUT2D eigenvalue weighted by Crippen LogP contribution is -2.21. The van der Waals surface area contributed by atoms with Crippen molar-refractivity contribution in [3.63, 3.8) is 0 Å². The summed E-state index contributed by atoms with van der Waals surface area (Å²) in [6.45, 7) is 0.607. The summed E-state index contributed by atoms with van der Waals surface area (Å²) in [4.78, 5) is 24.6. The van der Waals surface area contributed by atoms with E-state index in [0.29, 0.717) is 25.8 Å². The van der Waals surface area contributed by atoms with Crippen LogP contribution in [0.15, 0.2) is 6.07 Å². The van der Waals surface area contributed by atoms with Gasteiger partial charge in [-0.3, -0.25) is 9.59 Å². The molecule has 4 nitrogen and oxygen atoms in total. The number of thiophene rings is 1. The molecule has 1 aromatic heterocycles. The summed E-state index contributed by atoms with van der Waals surface area (Å²) < 4.78 is 0. The second-order valence-corrected chi connectivity index (χ2v) is 6.11. The summed E-state index contributed by atoms with van der Waals surface area (Å²) in [7, 11) is 0. The zero-order valence-electron chi connectivity index (χ0n) is 10.9. The van der Waals surface area contributed by atoms with Crippen LogP contribution in [0.1, 0.15) is 47.4 Å². The van der Waals surface area contributed by atoms with Gasteiger partial charge in [-0.2, -0.15) is 0 Å². The lowest BCUT2D eigenvalue weighted by Gasteiger charge is -2.03. The van der Waals surface area contributed by atoms with Gasteiger partial charge in [-0.05, 0) is 43.7 Å². The van der Waals surface area contributed by atoms with E-state index in [1.54, 1.807) is 11.3 Å². The Hall–Kier alpha value is -1.36. The van der Waals surface area contributed by atoms with Crippen molar-refractivity contribution in [2.24, 2.45) is 0 Å². The summed E-state index contributed by atoms with van der Waals surface area (Å²) in [5.74, 6) is -0.785. The number of carbonyl (C=O) groups is 2. The average Bonchev–Trinajstić information content (AvgIpc) is 2.92. The predicted octanol–water partition coefficient (Wildman–Crippen LogP) is 2.50. The van der Waals surface area contributed by atoms with Gasteiger partial charge in [-0.1, -0.05) is 0 Å². The van der Waals surface area contributed by atoms with E-state index in [1.165, 1.54) is 34.6 Å². The van der Waals surface area contributed by atoms with E-state index in [2.05, 4.69) is 11.4 Å². The van der Waals surface area contributed by atoms with Gasteiger partial charge in [0.05, 0.1) is 6.54 Å². The smallest absolute Gasteiger partial charge is 0.303 e. The first kappa shape index (κ1) is 14.1. The third kappa shape index (κ3) is 4.35. The quantitative estimate of drug-likeness (QED) is 0.755. The topological polar surface area (TPSA) is 66.4 Å². The molecule has 0 bridgehead atoms. The highest BCUT2D eigenvalue weighted by Gasteiger charge is 2.14. The second-order valence-electron chi connectivity index (χ2n) is 4.89. The van der Waals surface area contributed by atoms with Crippen molar-refractivity contribution in [2.45, 2.75) is 51.5 Å². The van der Waals surface area contributed by atoms with Crippen LogP contribution in [0.25, 0.3) is 0 Å². The van der Waals surface area contributed by atoms with Crippen molar-refractivity contribution in [1.29, 1.82) is 0 Å². The highest BCUT2D eigenvalue weighted by atomic mass is 32.1. The SMILES string of the molecule is O=C(O)CCCCC(=O)NCc1cc2c(s1)CCC2. The number of amides is 1. The number of unbranched alkanes of at least 4 members (excludes halogenated alkanes) is 1. The third-order valence-electron chi connectivity index (χ3n) is 3.30. The van der Waals surface area contributed by atoms with Crippen molar-refractivity contribution in [3.05, 3.63) is 21.4 Å². The highest BCUT2D eigenvalue weighted by Crippen LogP contribution is 2.30. The van der Waals surface area contributed by atoms with Gasteiger partial charge in [0.15, 0.2) is 0 Å². The normalized spacial score (nSPS) is 13.3. The molecule has 0 atom stereocenters. The van der Waals surface area contributed by atoms with Crippen LogP contribution in [0.3, 0.4) is 0 Å². The van der Waals surface area contributed by atoms with Gasteiger partial charge in [0.1, 0.15) is 0 Å². The molecule has 0 spiro atoms. The van der Waals surface area contributed by atoms with Crippen molar-refractivity contribution in [3.8, 4) is 0 Å². The van der Waals surface area contributed by atoms with Crippen LogP contribution in [0.2, 0.25) is 0 Å². The fraction of sp³-hybridized carbons (Fsp3) is 0.571. The van der Waals surface area contributed by atoms with Crippen molar-refractivity contribution in [1.82, 2.24) is 5.32 Å². The lowest BCUT2D eigenvalue weighted by molar-refractivity contribution is -0.137. The Balaban J connectivity index is 1.64. The number of aliphatic carboxylic acids is 1. The highest BCUT2D eigenvalue weighted by molar-refractivity contribution is 7.12. The van der Waals surface area contributed by atoms with Gasteiger partial charge in [-0.25, -0.2) is 0 Å². The first-order chi connectivity index (χ1) is 9.15. The molecule has 0 radical (unpaired) electrons. The summed E-state index contributed by atoms with van der Waals surface area (Å²) in [6.07, 6.45) is 5.38. The number of hydrogen-bond donors (Lipinski definition) is 2. The van der Waals surface area contributed by atoms with Gasteiger partial charge in [0, 0.05) is 22.6 Å². The molecule has 1 aliphatic carbocycles. The summed E-state index contributed by atoms with van der Waals surface area (Å²) in [6, 6.07) is 2.21. The van der Waals surface area contributed by atoms with Crippen molar-refractivity contribution >= 4 is 23.2 Å². The van der Waals surface area contributed by atoms with Crippen LogP contribution >= 0.6 is 11.3 Å². The molecule has 0 saturated heterocycles. The molecular weight excluding hydrogens is 262 g/mol. The van der Waals surface area contributed by atoms with Gasteiger partial charge >= 0.3 is 5.97 Å². The monoisotopic (exact) mass is 281 g/mol. The third-order valence-corrected chi connectivity index (χ3v) is 4.54. The van der Waals surface area contributed by atoms with Crippen LogP contribution < -0.4 is 5.32 Å². The van der Waals surface area contributed by atoms with E-state index in [0.717, 1.165) is 0 Å². The maximum absolute atomic E-state index is 11.6. The van der Waals surface area contributed by atoms with E-state index < -0.39 is 5.97 Å². The molecule has 0 fully saturated rings. The average molecular weight is 281 g/mol. The first-order valence-electron chi connectivity index (χ1n) is 6.74. The molecule has 5 heteroatoms. The number of carbonyl (C=O) groups excluding carboxylic acids is 1. The first-order valence-corrected chi connectivity index (χ1v) is 7.56. The molecule has 1 amide bonds. The fourth-order valence-corrected chi connectivity index (χ4v) is 3.51. The van der Waals surface area contributed by atoms with Gasteiger partial charge < -0.3 is 10.4 Å². The van der Waals surface area contributed by atoms with E-state index in [-0.39, 0.29) is 12.3 Å². The molecule has 0 unspecified atom stereocenters. The Kier molecular flexibility index (Phi) is 4.96. The molecule has 0 aliphatic heterocycles. The van der Waals surface area contributed by atoms with E-state index in [9.17, 15) is 9.59 Å². The summed E-state index contributed by atoms with van der Waals surface area (Å²) >= 11 is 1.80. The van der Waals surface area contributed by atoms with Crippen LogP contribution in [0.4, 0.5) is 0 Å². The molecule has 0 aromatic carbocycles. The molecule has 1 aromatic rings. The standard InChI is InChI=1S/C14H19NO3S/c16-13(6-1-2-7-14(17)18)15-9-11-8-10-4-3-5-12(10)19-11/h8H,1-7,9H2,(H,15,16)(H,17,18). The zero-order valence-corrected chi connectivity index (χ0v) is 11.7. The second kappa shape index (κ2) is 6.70. The van der Waals surface area contributed by atoms with Gasteiger partial charge in [0.2, 0.25) is 5.91 Å². The van der Waals surface area contributed by atoms with E-state index in [1.807, 2.05) is 0 Å². The predicted molar refractivity (Wildman–Crippen MR) is 74.3 cm³/mol. The number of carboxylic acid groups (broad SMARTS) is 1. The van der Waals surface area contributed by atoms with Crippen molar-refractivity contribution in [2.75, 3.05) is 0 Å². The number of rotatable bonds is 7. The van der Waals surface area contributed by atoms with Crippen LogP contribution in [-0.4, -0.2) is 17.0 Å². The van der Waals surface area contributed by atoms with Crippen LogP contribution in [-0.2, 0) is 29.0 Å². The molecule has 1 heterocycles. The zero-order chi connectivity index (χ0) is 13.7. The molecule has 19 heavy (non-hydrogen) atoms. The largest absolute Gasteiger partial charge is 0.481 e. The molecule has 2 N–H and O–H groups in total. The van der Waals surface area contributed by atoms with Gasteiger partial charge in [-0.15, -0.1) is 11.3 Å². The summed E-state index contributed by atoms with van der Waals surface area (Å²) in [5, 5.41) is 11.4. The number of aryl methyl sites for hydroxylation is 2. The minimum absolute atomic E-state index is 0.0129. The number of carboxylic acids is 1. The molecule has 104 valence electrons. The molecule has 2 rings (SSSR count). The van der Waals surface area contributed by atoms with Gasteiger partial charge in [0.25, 0.3) is 0 Å². The molecule has 1 aliphatic rings. The molecule has 0 saturated carbocycles. The Morgan fingerprint density at radius 3 is 2.79 bits per heavy atom. The maximum Gasteiger partial charge on any atom is 0.303 e. The number of nitrogens with one attached hydrogen (secondary N) is 1. The van der Waals surface area contributed by atoms with Crippen LogP contribution in [0.5, 0.6) is 0 Å². The lowest BCUT2D eigenvalue weighted by atomic mass is 10.2. The Labute approximate surface area is 116 Å². The fourth-order valence-electron chi connectivity index (χ4n) is 2.31. The Bertz CT molecular complexity index is 446. The Morgan fingerprint density at radius 2 is 2.05 bits per heavy atom. The minimum Gasteiger partial charge on any atom is -0.481 e. The molecular formula is C14H19NO3S. The van der Waals surface area contributed by atoms with Crippen molar-refractivity contribution < 1.29 is 14.7 Å².